The van der Waals surface area contributed by atoms with E-state index in [0.717, 1.165) is 0 Å². The summed E-state index contributed by atoms with van der Waals surface area (Å²) < 4.78 is 0. The van der Waals surface area contributed by atoms with Crippen LogP contribution >= 0.6 is 7.26 Å². The Morgan fingerprint density at radius 1 is 0.440 bits per heavy atom. The summed E-state index contributed by atoms with van der Waals surface area (Å²) in [5.41, 5.74) is 0. The lowest BCUT2D eigenvalue weighted by Crippen LogP contribution is -2.38. The number of hydrogen-bond donors (Lipinski definition) is 0. The quantitative estimate of drug-likeness (QED) is 0.533. The van der Waals surface area contributed by atoms with Crippen molar-refractivity contribution in [1.82, 2.24) is 9.97 Å². The van der Waals surface area contributed by atoms with Gasteiger partial charge in [0.25, 0.3) is 0 Å². The highest BCUT2D eigenvalue weighted by Gasteiger charge is 2.48. The fourth-order valence-electron chi connectivity index (χ4n) is 3.31. The average molecular weight is 341 g/mol. The van der Waals surface area contributed by atoms with Gasteiger partial charge in [0.15, 0.2) is 0 Å². The molecular weight excluding hydrogens is 323 g/mol. The molecule has 0 unspecified atom stereocenters. The summed E-state index contributed by atoms with van der Waals surface area (Å²) in [5.74, 6) is 0. The second kappa shape index (κ2) is 6.96. The summed E-state index contributed by atoms with van der Waals surface area (Å²) in [6, 6.07) is 32.2. The lowest BCUT2D eigenvalue weighted by Gasteiger charge is -2.26. The smallest absolute Gasteiger partial charge is 0.147 e. The molecule has 0 aliphatic rings. The SMILES string of the molecule is c1ccc([P+](c2ccccc2)(c2ccccc2)c2cncnc2)cc1. The Morgan fingerprint density at radius 2 is 0.800 bits per heavy atom. The average Bonchev–Trinajstić information content (AvgIpc) is 2.72. The molecule has 0 atom stereocenters. The van der Waals surface area contributed by atoms with Crippen LogP contribution in [0.4, 0.5) is 0 Å². The molecule has 0 amide bonds. The number of rotatable bonds is 4. The Morgan fingerprint density at radius 3 is 1.16 bits per heavy atom. The maximum absolute atomic E-state index is 4.34. The summed E-state index contributed by atoms with van der Waals surface area (Å²) in [7, 11) is -2.03. The molecule has 4 aromatic rings. The predicted molar refractivity (Wildman–Crippen MR) is 107 cm³/mol. The van der Waals surface area contributed by atoms with E-state index < -0.39 is 7.26 Å². The van der Waals surface area contributed by atoms with Crippen molar-refractivity contribution < 1.29 is 0 Å². The van der Waals surface area contributed by atoms with Crippen LogP contribution in [-0.4, -0.2) is 9.97 Å². The molecule has 0 aliphatic heterocycles. The first kappa shape index (κ1) is 15.7. The Balaban J connectivity index is 2.13. The molecule has 3 aromatic carbocycles. The Kier molecular flexibility index (Phi) is 4.37. The van der Waals surface area contributed by atoms with Gasteiger partial charge in [-0.3, -0.25) is 0 Å². The van der Waals surface area contributed by atoms with Crippen LogP contribution in [0.2, 0.25) is 0 Å². The molecule has 0 saturated heterocycles. The molecule has 1 heterocycles. The second-order valence-corrected chi connectivity index (χ2v) is 9.18. The van der Waals surface area contributed by atoms with Crippen LogP contribution in [0.25, 0.3) is 0 Å². The second-order valence-electron chi connectivity index (χ2n) is 5.77. The monoisotopic (exact) mass is 341 g/mol. The molecular formula is C22H18N2P+. The summed E-state index contributed by atoms with van der Waals surface area (Å²) in [4.78, 5) is 8.69. The van der Waals surface area contributed by atoms with Crippen LogP contribution in [0.5, 0.6) is 0 Å². The van der Waals surface area contributed by atoms with E-state index in [1.165, 1.54) is 21.2 Å². The molecule has 0 fully saturated rings. The van der Waals surface area contributed by atoms with Crippen LogP contribution in [0.15, 0.2) is 110 Å². The lowest BCUT2D eigenvalue weighted by atomic mass is 10.4. The zero-order valence-electron chi connectivity index (χ0n) is 13.7. The normalized spacial score (nSPS) is 11.2. The number of hydrogen-bond acceptors (Lipinski definition) is 2. The van der Waals surface area contributed by atoms with E-state index in [0.29, 0.717) is 0 Å². The minimum atomic E-state index is -2.03. The number of benzene rings is 3. The highest BCUT2D eigenvalue weighted by Crippen LogP contribution is 2.53. The fourth-order valence-corrected chi connectivity index (χ4v) is 7.44. The van der Waals surface area contributed by atoms with Crippen molar-refractivity contribution in [2.75, 3.05) is 0 Å². The standard InChI is InChI=1S/C22H18N2P/c1-4-10-19(11-5-1)25(20-12-6-2-7-13-20,21-14-8-3-9-15-21)22-16-23-18-24-17-22/h1-18H/q+1. The van der Waals surface area contributed by atoms with Crippen LogP contribution in [-0.2, 0) is 0 Å². The molecule has 0 N–H and O–H groups in total. The Labute approximate surface area is 148 Å². The third-order valence-corrected chi connectivity index (χ3v) is 8.59. The van der Waals surface area contributed by atoms with Crippen molar-refractivity contribution in [2.45, 2.75) is 0 Å². The zero-order valence-corrected chi connectivity index (χ0v) is 14.6. The summed E-state index contributed by atoms with van der Waals surface area (Å²) >= 11 is 0. The molecule has 0 spiro atoms. The van der Waals surface area contributed by atoms with Crippen molar-refractivity contribution in [3.05, 3.63) is 110 Å². The van der Waals surface area contributed by atoms with Gasteiger partial charge in [0.05, 0.1) is 12.4 Å². The van der Waals surface area contributed by atoms with Crippen LogP contribution in [0.3, 0.4) is 0 Å². The molecule has 0 radical (unpaired) electrons. The van der Waals surface area contributed by atoms with Crippen molar-refractivity contribution in [2.24, 2.45) is 0 Å². The summed E-state index contributed by atoms with van der Waals surface area (Å²) in [5, 5.41) is 5.09. The summed E-state index contributed by atoms with van der Waals surface area (Å²) in [6.07, 6.45) is 5.53. The van der Waals surface area contributed by atoms with Crippen molar-refractivity contribution in [3.63, 3.8) is 0 Å². The molecule has 0 aliphatic carbocycles. The third kappa shape index (κ3) is 2.75. The molecule has 0 saturated carbocycles. The van der Waals surface area contributed by atoms with E-state index in [9.17, 15) is 0 Å². The first-order chi connectivity index (χ1) is 12.4. The first-order valence-electron chi connectivity index (χ1n) is 8.24. The minimum Gasteiger partial charge on any atom is -0.241 e. The highest BCUT2D eigenvalue weighted by atomic mass is 31.2. The van der Waals surface area contributed by atoms with Gasteiger partial charge < -0.3 is 0 Å². The minimum absolute atomic E-state index is 1.17. The van der Waals surface area contributed by atoms with E-state index in [1.807, 2.05) is 12.4 Å². The summed E-state index contributed by atoms with van der Waals surface area (Å²) in [6.45, 7) is 0. The molecule has 0 bridgehead atoms. The van der Waals surface area contributed by atoms with Crippen LogP contribution < -0.4 is 21.2 Å². The molecule has 3 heteroatoms. The van der Waals surface area contributed by atoms with E-state index in [2.05, 4.69) is 101 Å². The topological polar surface area (TPSA) is 25.8 Å². The van der Waals surface area contributed by atoms with Gasteiger partial charge in [-0.25, -0.2) is 9.97 Å². The molecule has 2 nitrogen and oxygen atoms in total. The van der Waals surface area contributed by atoms with Gasteiger partial charge in [0.2, 0.25) is 0 Å². The maximum Gasteiger partial charge on any atom is 0.147 e. The van der Waals surface area contributed by atoms with Gasteiger partial charge >= 0.3 is 0 Å². The van der Waals surface area contributed by atoms with Gasteiger partial charge in [0.1, 0.15) is 34.8 Å². The van der Waals surface area contributed by atoms with E-state index >= 15 is 0 Å². The van der Waals surface area contributed by atoms with Crippen molar-refractivity contribution in [1.29, 1.82) is 0 Å². The third-order valence-electron chi connectivity index (χ3n) is 4.36. The van der Waals surface area contributed by atoms with Gasteiger partial charge in [-0.1, -0.05) is 54.6 Å². The first-order valence-corrected chi connectivity index (χ1v) is 10.0. The largest absolute Gasteiger partial charge is 0.241 e. The Hall–Kier alpha value is -2.83. The number of aromatic nitrogens is 2. The number of nitrogens with zero attached hydrogens (tertiary/aromatic N) is 2. The molecule has 4 rings (SSSR count). The van der Waals surface area contributed by atoms with Gasteiger partial charge in [-0.2, -0.15) is 0 Å². The lowest BCUT2D eigenvalue weighted by molar-refractivity contribution is 1.19. The highest BCUT2D eigenvalue weighted by molar-refractivity contribution is 8.01. The molecule has 120 valence electrons. The molecule has 1 aromatic heterocycles. The van der Waals surface area contributed by atoms with E-state index in [4.69, 9.17) is 0 Å². The van der Waals surface area contributed by atoms with Crippen LogP contribution in [0, 0.1) is 0 Å². The van der Waals surface area contributed by atoms with Crippen LogP contribution in [0.1, 0.15) is 0 Å². The van der Waals surface area contributed by atoms with Gasteiger partial charge in [-0.15, -0.1) is 0 Å². The zero-order chi connectivity index (χ0) is 17.0. The van der Waals surface area contributed by atoms with Crippen molar-refractivity contribution >= 4 is 28.5 Å². The van der Waals surface area contributed by atoms with E-state index in [-0.39, 0.29) is 0 Å². The predicted octanol–water partition coefficient (Wildman–Crippen LogP) is 3.10. The van der Waals surface area contributed by atoms with Crippen molar-refractivity contribution in [3.8, 4) is 0 Å². The van der Waals surface area contributed by atoms with Gasteiger partial charge in [-0.05, 0) is 36.4 Å². The Bertz CT molecular complexity index is 763. The maximum atomic E-state index is 4.34. The van der Waals surface area contributed by atoms with E-state index in [1.54, 1.807) is 6.33 Å². The molecule has 25 heavy (non-hydrogen) atoms. The fraction of sp³-hybridized carbons (Fsp3) is 0. The van der Waals surface area contributed by atoms with Gasteiger partial charge in [0, 0.05) is 0 Å².